The lowest BCUT2D eigenvalue weighted by molar-refractivity contribution is -0.143. The third-order valence-corrected chi connectivity index (χ3v) is 6.61. The molecule has 4 unspecified atom stereocenters. The molecule has 1 heterocycles. The van der Waals surface area contributed by atoms with Crippen LogP contribution in [0.3, 0.4) is 0 Å². The molecule has 0 radical (unpaired) electrons. The molecule has 0 aliphatic carbocycles. The number of nitrogens with two attached hydrogens (primary N) is 2. The summed E-state index contributed by atoms with van der Waals surface area (Å²) in [7, 11) is 0. The summed E-state index contributed by atoms with van der Waals surface area (Å²) in [5.74, 6) is -2.19. The van der Waals surface area contributed by atoms with Crippen molar-refractivity contribution in [3.63, 3.8) is 0 Å². The lowest BCUT2D eigenvalue weighted by Gasteiger charge is -2.28. The number of aliphatic carboxylic acids is 1. The zero-order chi connectivity index (χ0) is 25.0. The van der Waals surface area contributed by atoms with Crippen LogP contribution in [0.1, 0.15) is 38.5 Å². The van der Waals surface area contributed by atoms with E-state index in [9.17, 15) is 29.1 Å². The molecular weight excluding hydrogens is 470 g/mol. The number of likely N-dealkylation sites (tertiary alicyclic amines) is 1. The summed E-state index contributed by atoms with van der Waals surface area (Å²) in [6, 6.07) is -3.79. The van der Waals surface area contributed by atoms with Crippen molar-refractivity contribution in [1.82, 2.24) is 15.5 Å². The molecule has 0 aromatic heterocycles. The van der Waals surface area contributed by atoms with Crippen LogP contribution in [0, 0.1) is 0 Å². The predicted molar refractivity (Wildman–Crippen MR) is 129 cm³/mol. The number of amides is 4. The highest BCUT2D eigenvalue weighted by Crippen LogP contribution is 2.19. The van der Waals surface area contributed by atoms with E-state index in [1.807, 2.05) is 12.5 Å². The Morgan fingerprint density at radius 3 is 2.24 bits per heavy atom. The van der Waals surface area contributed by atoms with Crippen LogP contribution >= 0.6 is 23.5 Å². The Morgan fingerprint density at radius 1 is 1.03 bits per heavy atom. The first-order chi connectivity index (χ1) is 15.6. The van der Waals surface area contributed by atoms with E-state index in [4.69, 9.17) is 11.5 Å². The number of primary amides is 1. The Bertz CT molecular complexity index is 710. The van der Waals surface area contributed by atoms with E-state index in [0.29, 0.717) is 37.3 Å². The lowest BCUT2D eigenvalue weighted by atomic mass is 10.1. The normalized spacial score (nSPS) is 18.3. The summed E-state index contributed by atoms with van der Waals surface area (Å²) in [6.45, 7) is 0.387. The van der Waals surface area contributed by atoms with E-state index in [-0.39, 0.29) is 25.2 Å². The summed E-state index contributed by atoms with van der Waals surface area (Å²) in [4.78, 5) is 62.6. The van der Waals surface area contributed by atoms with Gasteiger partial charge in [-0.15, -0.1) is 0 Å². The van der Waals surface area contributed by atoms with E-state index in [1.54, 1.807) is 11.8 Å². The second-order valence-corrected chi connectivity index (χ2v) is 9.80. The summed E-state index contributed by atoms with van der Waals surface area (Å²) >= 11 is 3.01. The van der Waals surface area contributed by atoms with Gasteiger partial charge in [0.15, 0.2) is 0 Å². The van der Waals surface area contributed by atoms with Gasteiger partial charge in [0.05, 0.1) is 6.04 Å². The molecule has 33 heavy (non-hydrogen) atoms. The minimum absolute atomic E-state index is 0.0876. The van der Waals surface area contributed by atoms with Crippen LogP contribution in [0.15, 0.2) is 0 Å². The fraction of sp³-hybridized carbons (Fsp3) is 0.750. The van der Waals surface area contributed by atoms with Gasteiger partial charge in [-0.1, -0.05) is 0 Å². The molecule has 0 spiro atoms. The number of carbonyl (C=O) groups is 5. The highest BCUT2D eigenvalue weighted by atomic mass is 32.2. The number of thioether (sulfide) groups is 2. The Kier molecular flexibility index (Phi) is 13.2. The first-order valence-corrected chi connectivity index (χ1v) is 13.6. The number of carboxylic acids is 1. The topological polar surface area (TPSA) is 185 Å². The number of carboxylic acid groups (broad SMARTS) is 1. The van der Waals surface area contributed by atoms with Crippen LogP contribution in [-0.4, -0.2) is 94.3 Å². The maximum Gasteiger partial charge on any atom is 0.326 e. The maximum absolute atomic E-state index is 13.0. The molecule has 0 bridgehead atoms. The van der Waals surface area contributed by atoms with E-state index < -0.39 is 47.9 Å². The van der Waals surface area contributed by atoms with Gasteiger partial charge in [0.25, 0.3) is 0 Å². The molecular formula is C20H35N5O6S2. The molecule has 188 valence electrons. The molecule has 1 fully saturated rings. The first kappa shape index (κ1) is 29.0. The largest absolute Gasteiger partial charge is 0.480 e. The van der Waals surface area contributed by atoms with Gasteiger partial charge < -0.3 is 32.1 Å². The number of rotatable bonds is 15. The average molecular weight is 506 g/mol. The van der Waals surface area contributed by atoms with Gasteiger partial charge in [0, 0.05) is 13.0 Å². The van der Waals surface area contributed by atoms with Gasteiger partial charge >= 0.3 is 5.97 Å². The molecule has 1 aliphatic heterocycles. The van der Waals surface area contributed by atoms with Crippen molar-refractivity contribution in [2.75, 3.05) is 30.6 Å². The van der Waals surface area contributed by atoms with Crippen molar-refractivity contribution in [2.24, 2.45) is 11.5 Å². The standard InChI is InChI=1S/C20H35N5O6S2/c1-32-10-7-12(21)19(29)25-9-3-4-15(25)18(28)23-13(5-6-16(22)26)17(27)24-14(20(30)31)8-11-33-2/h12-15H,3-11,21H2,1-2H3,(H2,22,26)(H,23,28)(H,24,27)(H,30,31). The third-order valence-electron chi connectivity index (χ3n) is 5.33. The summed E-state index contributed by atoms with van der Waals surface area (Å²) in [5.41, 5.74) is 11.2. The molecule has 1 rings (SSSR count). The van der Waals surface area contributed by atoms with E-state index in [2.05, 4.69) is 10.6 Å². The van der Waals surface area contributed by atoms with Crippen molar-refractivity contribution in [1.29, 1.82) is 0 Å². The van der Waals surface area contributed by atoms with Crippen molar-refractivity contribution in [3.8, 4) is 0 Å². The number of nitrogens with one attached hydrogen (secondary N) is 2. The van der Waals surface area contributed by atoms with E-state index in [0.717, 1.165) is 0 Å². The van der Waals surface area contributed by atoms with Gasteiger partial charge in [0.2, 0.25) is 23.6 Å². The SMILES string of the molecule is CSCCC(N)C(=O)N1CCCC1C(=O)NC(CCC(N)=O)C(=O)NC(CCSC)C(=O)O. The predicted octanol–water partition coefficient (Wildman–Crippen LogP) is -0.869. The number of carbonyl (C=O) groups excluding carboxylic acids is 4. The Labute approximate surface area is 202 Å². The second-order valence-electron chi connectivity index (χ2n) is 7.82. The quantitative estimate of drug-likeness (QED) is 0.189. The minimum Gasteiger partial charge on any atom is -0.480 e. The number of nitrogens with zero attached hydrogens (tertiary/aromatic N) is 1. The van der Waals surface area contributed by atoms with Gasteiger partial charge in [-0.05, 0) is 56.1 Å². The van der Waals surface area contributed by atoms with Crippen LogP contribution in [0.5, 0.6) is 0 Å². The van der Waals surface area contributed by atoms with Crippen molar-refractivity contribution in [3.05, 3.63) is 0 Å². The molecule has 4 amide bonds. The van der Waals surface area contributed by atoms with Crippen molar-refractivity contribution < 1.29 is 29.1 Å². The fourth-order valence-corrected chi connectivity index (χ4v) is 4.43. The highest BCUT2D eigenvalue weighted by Gasteiger charge is 2.37. The van der Waals surface area contributed by atoms with Crippen LogP contribution in [0.2, 0.25) is 0 Å². The monoisotopic (exact) mass is 505 g/mol. The van der Waals surface area contributed by atoms with E-state index in [1.165, 1.54) is 16.7 Å². The van der Waals surface area contributed by atoms with E-state index >= 15 is 0 Å². The van der Waals surface area contributed by atoms with Crippen molar-refractivity contribution >= 4 is 53.1 Å². The summed E-state index contributed by atoms with van der Waals surface area (Å²) < 4.78 is 0. The van der Waals surface area contributed by atoms with Crippen LogP contribution in [-0.2, 0) is 24.0 Å². The zero-order valence-electron chi connectivity index (χ0n) is 19.1. The molecule has 13 heteroatoms. The zero-order valence-corrected chi connectivity index (χ0v) is 20.7. The molecule has 0 saturated carbocycles. The van der Waals surface area contributed by atoms with Crippen molar-refractivity contribution in [2.45, 2.75) is 62.7 Å². The maximum atomic E-state index is 13.0. The molecule has 1 aliphatic rings. The summed E-state index contributed by atoms with van der Waals surface area (Å²) in [6.07, 6.45) is 5.20. The van der Waals surface area contributed by atoms with Crippen LogP contribution in [0.25, 0.3) is 0 Å². The molecule has 0 aromatic carbocycles. The van der Waals surface area contributed by atoms with Gasteiger partial charge in [0.1, 0.15) is 18.1 Å². The Morgan fingerprint density at radius 2 is 1.67 bits per heavy atom. The lowest BCUT2D eigenvalue weighted by Crippen LogP contribution is -2.56. The smallest absolute Gasteiger partial charge is 0.326 e. The average Bonchev–Trinajstić information content (AvgIpc) is 3.26. The second kappa shape index (κ2) is 15.0. The fourth-order valence-electron chi connectivity index (χ4n) is 3.47. The van der Waals surface area contributed by atoms with Gasteiger partial charge in [-0.2, -0.15) is 23.5 Å². The van der Waals surface area contributed by atoms with Gasteiger partial charge in [-0.25, -0.2) is 4.79 Å². The number of hydrogen-bond donors (Lipinski definition) is 5. The summed E-state index contributed by atoms with van der Waals surface area (Å²) in [5, 5.41) is 14.4. The first-order valence-electron chi connectivity index (χ1n) is 10.8. The molecule has 7 N–H and O–H groups in total. The van der Waals surface area contributed by atoms with Gasteiger partial charge in [-0.3, -0.25) is 19.2 Å². The molecule has 1 saturated heterocycles. The highest BCUT2D eigenvalue weighted by molar-refractivity contribution is 7.98. The van der Waals surface area contributed by atoms with Crippen LogP contribution < -0.4 is 22.1 Å². The minimum atomic E-state index is -1.19. The van der Waals surface area contributed by atoms with Crippen LogP contribution in [0.4, 0.5) is 0 Å². The number of hydrogen-bond acceptors (Lipinski definition) is 8. The third kappa shape index (κ3) is 9.80. The molecule has 11 nitrogen and oxygen atoms in total. The molecule has 0 aromatic rings. The molecule has 4 atom stereocenters. The Hall–Kier alpha value is -1.99. The Balaban J connectivity index is 2.89.